The molecule has 0 aliphatic heterocycles. The molecule has 2 amide bonds. The van der Waals surface area contributed by atoms with Gasteiger partial charge >= 0.3 is 6.09 Å². The first-order valence-corrected chi connectivity index (χ1v) is 9.99. The maximum atomic E-state index is 12.4. The highest BCUT2D eigenvalue weighted by Crippen LogP contribution is 2.30. The van der Waals surface area contributed by atoms with Crippen molar-refractivity contribution in [1.29, 1.82) is 0 Å². The van der Waals surface area contributed by atoms with E-state index in [4.69, 9.17) is 8.85 Å². The van der Waals surface area contributed by atoms with Crippen LogP contribution in [0, 0.1) is 5.92 Å². The molecule has 31 heavy (non-hydrogen) atoms. The number of hydrogen-bond acceptors (Lipinski definition) is 4. The molecule has 0 aliphatic rings. The second kappa shape index (κ2) is 10.1. The maximum absolute atomic E-state index is 12.4. The smallest absolute Gasteiger partial charge is 0.408 e. The van der Waals surface area contributed by atoms with Crippen LogP contribution in [0.1, 0.15) is 49.8 Å². The SMILES string of the molecule is [2H]C([2H])([2H])n1ncc(NC(=O)[C@H](C)C=C)c1-c1cccc([C@H](CC=C)NC(=O)OC(C)(C)C)c1. The van der Waals surface area contributed by atoms with Crippen molar-refractivity contribution in [2.24, 2.45) is 12.9 Å². The lowest BCUT2D eigenvalue weighted by molar-refractivity contribution is -0.118. The average Bonchev–Trinajstić information content (AvgIpc) is 3.15. The Morgan fingerprint density at radius 2 is 2.10 bits per heavy atom. The van der Waals surface area contributed by atoms with Gasteiger partial charge in [0, 0.05) is 16.7 Å². The highest BCUT2D eigenvalue weighted by molar-refractivity contribution is 5.96. The third-order valence-electron chi connectivity index (χ3n) is 4.45. The van der Waals surface area contributed by atoms with Crippen molar-refractivity contribution in [2.45, 2.75) is 45.8 Å². The Morgan fingerprint density at radius 3 is 2.71 bits per heavy atom. The predicted octanol–water partition coefficient (Wildman–Crippen LogP) is 4.99. The van der Waals surface area contributed by atoms with Gasteiger partial charge in [-0.3, -0.25) is 9.48 Å². The summed E-state index contributed by atoms with van der Waals surface area (Å²) in [6.07, 6.45) is 4.31. The van der Waals surface area contributed by atoms with Crippen LogP contribution >= 0.6 is 0 Å². The van der Waals surface area contributed by atoms with E-state index in [1.807, 2.05) is 6.07 Å². The molecule has 0 radical (unpaired) electrons. The zero-order valence-corrected chi connectivity index (χ0v) is 18.4. The largest absolute Gasteiger partial charge is 0.444 e. The standard InChI is InChI=1S/C24H32N4O3/c1-8-11-19(27-23(30)31-24(4,5)6)17-12-10-13-18(14-17)21-20(15-25-28(21)7)26-22(29)16(3)9-2/h8-10,12-16,19H,1-2,11H2,3-7H3,(H,26,29)(H,27,30)/t16-,19+/m1/s1/i7D3. The van der Waals surface area contributed by atoms with Crippen LogP contribution in [0.5, 0.6) is 0 Å². The second-order valence-corrected chi connectivity index (χ2v) is 8.18. The number of nitrogens with one attached hydrogen (secondary N) is 2. The van der Waals surface area contributed by atoms with E-state index < -0.39 is 30.6 Å². The number of ether oxygens (including phenoxy) is 1. The third kappa shape index (κ3) is 6.57. The molecule has 2 N–H and O–H groups in total. The molecule has 1 heterocycles. The molecule has 7 heteroatoms. The molecule has 0 fully saturated rings. The molecule has 166 valence electrons. The first-order chi connectivity index (χ1) is 15.8. The topological polar surface area (TPSA) is 85.3 Å². The monoisotopic (exact) mass is 427 g/mol. The quantitative estimate of drug-likeness (QED) is 0.581. The van der Waals surface area contributed by atoms with E-state index in [1.54, 1.807) is 52.0 Å². The summed E-state index contributed by atoms with van der Waals surface area (Å²) in [5.74, 6) is -0.820. The Bertz CT molecular complexity index is 1050. The van der Waals surface area contributed by atoms with Crippen molar-refractivity contribution in [2.75, 3.05) is 5.32 Å². The Labute approximate surface area is 188 Å². The number of nitrogens with zero attached hydrogens (tertiary/aromatic N) is 2. The molecule has 0 saturated heterocycles. The molecule has 0 bridgehead atoms. The van der Waals surface area contributed by atoms with Crippen molar-refractivity contribution >= 4 is 17.7 Å². The minimum absolute atomic E-state index is 0.223. The zero-order chi connectivity index (χ0) is 25.7. The van der Waals surface area contributed by atoms with Crippen LogP contribution < -0.4 is 10.6 Å². The normalized spacial score (nSPS) is 14.9. The lowest BCUT2D eigenvalue weighted by atomic mass is 9.99. The molecule has 1 aromatic carbocycles. The predicted molar refractivity (Wildman–Crippen MR) is 124 cm³/mol. The van der Waals surface area contributed by atoms with Crippen LogP contribution in [-0.4, -0.2) is 27.4 Å². The van der Waals surface area contributed by atoms with Gasteiger partial charge in [-0.05, 0) is 38.8 Å². The van der Waals surface area contributed by atoms with Crippen LogP contribution in [0.25, 0.3) is 11.3 Å². The van der Waals surface area contributed by atoms with Gasteiger partial charge in [0.1, 0.15) is 5.60 Å². The highest BCUT2D eigenvalue weighted by Gasteiger charge is 2.21. The summed E-state index contributed by atoms with van der Waals surface area (Å²) < 4.78 is 29.9. The van der Waals surface area contributed by atoms with Gasteiger partial charge in [0.15, 0.2) is 0 Å². The number of carbonyl (C=O) groups excluding carboxylic acids is 2. The number of amides is 2. The summed E-state index contributed by atoms with van der Waals surface area (Å²) in [6.45, 7) is 11.8. The molecule has 0 aliphatic carbocycles. The third-order valence-corrected chi connectivity index (χ3v) is 4.45. The van der Waals surface area contributed by atoms with Gasteiger partial charge in [-0.25, -0.2) is 4.79 Å². The molecule has 0 spiro atoms. The van der Waals surface area contributed by atoms with E-state index >= 15 is 0 Å². The van der Waals surface area contributed by atoms with Gasteiger partial charge in [-0.1, -0.05) is 37.3 Å². The van der Waals surface area contributed by atoms with E-state index in [1.165, 1.54) is 12.3 Å². The molecule has 0 saturated carbocycles. The van der Waals surface area contributed by atoms with E-state index in [9.17, 15) is 9.59 Å². The summed E-state index contributed by atoms with van der Waals surface area (Å²) in [6, 6.07) is 6.55. The number of aromatic nitrogens is 2. The molecule has 2 rings (SSSR count). The fourth-order valence-electron chi connectivity index (χ4n) is 2.87. The van der Waals surface area contributed by atoms with E-state index in [2.05, 4.69) is 28.9 Å². The number of rotatable bonds is 8. The summed E-state index contributed by atoms with van der Waals surface area (Å²) in [5, 5.41) is 9.57. The summed E-state index contributed by atoms with van der Waals surface area (Å²) >= 11 is 0. The molecule has 0 unspecified atom stereocenters. The number of carbonyl (C=O) groups is 2. The van der Waals surface area contributed by atoms with Crippen LogP contribution in [0.4, 0.5) is 10.5 Å². The van der Waals surface area contributed by atoms with Gasteiger partial charge in [0.25, 0.3) is 0 Å². The number of benzene rings is 1. The molecular weight excluding hydrogens is 392 g/mol. The highest BCUT2D eigenvalue weighted by atomic mass is 16.6. The molecule has 2 atom stereocenters. The summed E-state index contributed by atoms with van der Waals surface area (Å²) in [7, 11) is 0. The molecule has 1 aromatic heterocycles. The Morgan fingerprint density at radius 1 is 1.35 bits per heavy atom. The minimum atomic E-state index is -2.58. The van der Waals surface area contributed by atoms with Crippen molar-refractivity contribution in [3.8, 4) is 11.3 Å². The van der Waals surface area contributed by atoms with Crippen LogP contribution in [0.3, 0.4) is 0 Å². The van der Waals surface area contributed by atoms with Gasteiger partial charge in [-0.15, -0.1) is 13.2 Å². The lowest BCUT2D eigenvalue weighted by Crippen LogP contribution is -2.34. The van der Waals surface area contributed by atoms with Crippen molar-refractivity contribution in [3.05, 3.63) is 61.3 Å². The minimum Gasteiger partial charge on any atom is -0.444 e. The van der Waals surface area contributed by atoms with Crippen LogP contribution in [0.2, 0.25) is 0 Å². The maximum Gasteiger partial charge on any atom is 0.408 e. The van der Waals surface area contributed by atoms with E-state index in [-0.39, 0.29) is 17.3 Å². The molecule has 2 aromatic rings. The molecule has 7 nitrogen and oxygen atoms in total. The van der Waals surface area contributed by atoms with Gasteiger partial charge in [0.05, 0.1) is 29.5 Å². The first kappa shape index (κ1) is 19.6. The second-order valence-electron chi connectivity index (χ2n) is 8.18. The summed E-state index contributed by atoms with van der Waals surface area (Å²) in [4.78, 5) is 24.8. The molecular formula is C24H32N4O3. The van der Waals surface area contributed by atoms with Crippen molar-refractivity contribution in [1.82, 2.24) is 15.1 Å². The Kier molecular flexibility index (Phi) is 6.39. The Balaban J connectivity index is 2.50. The number of hydrogen-bond donors (Lipinski definition) is 2. The van der Waals surface area contributed by atoms with Crippen molar-refractivity contribution in [3.63, 3.8) is 0 Å². The van der Waals surface area contributed by atoms with Gasteiger partial charge < -0.3 is 15.4 Å². The number of alkyl carbamates (subject to hydrolysis) is 1. The fraction of sp³-hybridized carbons (Fsp3) is 0.375. The number of aryl methyl sites for hydroxylation is 1. The number of anilines is 1. The first-order valence-electron chi connectivity index (χ1n) is 11.5. The zero-order valence-electron chi connectivity index (χ0n) is 21.4. The van der Waals surface area contributed by atoms with Crippen molar-refractivity contribution < 1.29 is 18.4 Å². The van der Waals surface area contributed by atoms with E-state index in [0.29, 0.717) is 17.5 Å². The Hall–Kier alpha value is -3.35. The van der Waals surface area contributed by atoms with Gasteiger partial charge in [-0.2, -0.15) is 5.10 Å². The lowest BCUT2D eigenvalue weighted by Gasteiger charge is -2.23. The average molecular weight is 428 g/mol. The van der Waals surface area contributed by atoms with Crippen LogP contribution in [0.15, 0.2) is 55.8 Å². The van der Waals surface area contributed by atoms with Gasteiger partial charge in [0.2, 0.25) is 5.91 Å². The van der Waals surface area contributed by atoms with Crippen LogP contribution in [-0.2, 0) is 16.5 Å². The fourth-order valence-corrected chi connectivity index (χ4v) is 2.87. The van der Waals surface area contributed by atoms with E-state index in [0.717, 1.165) is 4.68 Å². The summed E-state index contributed by atoms with van der Waals surface area (Å²) in [5.41, 5.74) is 1.03.